The number of amides is 1. The maximum absolute atomic E-state index is 12.7. The number of nitrogens with zero attached hydrogens (tertiary/aromatic N) is 2. The van der Waals surface area contributed by atoms with Gasteiger partial charge < -0.3 is 5.32 Å². The third-order valence-corrected chi connectivity index (χ3v) is 4.33. The Morgan fingerprint density at radius 2 is 1.84 bits per heavy atom. The summed E-state index contributed by atoms with van der Waals surface area (Å²) in [5, 5.41) is 2.83. The Hall–Kier alpha value is -3.27. The molecule has 3 aromatic rings. The molecule has 4 nitrogen and oxygen atoms in total. The zero-order valence-electron chi connectivity index (χ0n) is 13.9. The average Bonchev–Trinajstić information content (AvgIpc) is 3.06. The first-order valence-corrected chi connectivity index (χ1v) is 8.20. The summed E-state index contributed by atoms with van der Waals surface area (Å²) in [5.41, 5.74) is 5.74. The number of fused-ring (bicyclic) bond motifs is 1. The van der Waals surface area contributed by atoms with Gasteiger partial charge in [0.2, 0.25) is 0 Å². The van der Waals surface area contributed by atoms with Gasteiger partial charge in [0.25, 0.3) is 5.91 Å². The molecule has 2 heterocycles. The molecule has 122 valence electrons. The summed E-state index contributed by atoms with van der Waals surface area (Å²) < 4.78 is 0. The van der Waals surface area contributed by atoms with Crippen LogP contribution in [-0.2, 0) is 6.42 Å². The number of rotatable bonds is 3. The van der Waals surface area contributed by atoms with E-state index in [-0.39, 0.29) is 5.91 Å². The van der Waals surface area contributed by atoms with E-state index in [1.54, 1.807) is 18.3 Å². The van der Waals surface area contributed by atoms with Crippen LogP contribution in [0.4, 0.5) is 11.5 Å². The Balaban J connectivity index is 1.68. The van der Waals surface area contributed by atoms with E-state index in [2.05, 4.69) is 29.4 Å². The Morgan fingerprint density at radius 1 is 1.00 bits per heavy atom. The Labute approximate surface area is 146 Å². The predicted octanol–water partition coefficient (Wildman–Crippen LogP) is 4.32. The zero-order chi connectivity index (χ0) is 17.2. The van der Waals surface area contributed by atoms with Gasteiger partial charge in [-0.2, -0.15) is 0 Å². The first-order valence-electron chi connectivity index (χ1n) is 8.20. The van der Waals surface area contributed by atoms with E-state index >= 15 is 0 Å². The molecular weight excluding hydrogens is 310 g/mol. The van der Waals surface area contributed by atoms with Crippen molar-refractivity contribution in [3.05, 3.63) is 89.1 Å². The van der Waals surface area contributed by atoms with Crippen molar-refractivity contribution in [3.8, 4) is 0 Å². The van der Waals surface area contributed by atoms with Crippen LogP contribution in [-0.4, -0.2) is 16.6 Å². The van der Waals surface area contributed by atoms with Crippen molar-refractivity contribution in [1.82, 2.24) is 4.98 Å². The molecule has 0 saturated carbocycles. The Morgan fingerprint density at radius 3 is 2.64 bits per heavy atom. The van der Waals surface area contributed by atoms with Gasteiger partial charge in [-0.15, -0.1) is 0 Å². The minimum absolute atomic E-state index is 0.190. The van der Waals surface area contributed by atoms with Gasteiger partial charge in [0.15, 0.2) is 0 Å². The molecule has 0 radical (unpaired) electrons. The molecule has 4 rings (SSSR count). The van der Waals surface area contributed by atoms with Gasteiger partial charge in [-0.25, -0.2) is 4.98 Å². The quantitative estimate of drug-likeness (QED) is 0.779. The number of aryl methyl sites for hydroxylation is 1. The minimum atomic E-state index is -0.190. The van der Waals surface area contributed by atoms with Crippen LogP contribution in [0.25, 0.3) is 0 Å². The van der Waals surface area contributed by atoms with E-state index in [0.29, 0.717) is 11.4 Å². The zero-order valence-corrected chi connectivity index (χ0v) is 13.9. The van der Waals surface area contributed by atoms with Crippen LogP contribution in [0.15, 0.2) is 71.9 Å². The van der Waals surface area contributed by atoms with Gasteiger partial charge in [0, 0.05) is 12.6 Å². The van der Waals surface area contributed by atoms with E-state index < -0.39 is 0 Å². The average molecular weight is 327 g/mol. The highest BCUT2D eigenvalue weighted by Gasteiger charge is 2.22. The molecule has 2 aromatic carbocycles. The van der Waals surface area contributed by atoms with Crippen LogP contribution >= 0.6 is 0 Å². The third-order valence-electron chi connectivity index (χ3n) is 4.33. The van der Waals surface area contributed by atoms with Gasteiger partial charge in [0.1, 0.15) is 5.82 Å². The molecule has 1 amide bonds. The first-order chi connectivity index (χ1) is 12.2. The molecule has 1 aliphatic heterocycles. The highest BCUT2D eigenvalue weighted by molar-refractivity contribution is 6.13. The number of carbonyl (C=O) groups is 1. The summed E-state index contributed by atoms with van der Waals surface area (Å²) >= 11 is 0. The lowest BCUT2D eigenvalue weighted by Crippen LogP contribution is -2.13. The van der Waals surface area contributed by atoms with Crippen LogP contribution in [0.1, 0.15) is 27.0 Å². The molecule has 4 heteroatoms. The fourth-order valence-corrected chi connectivity index (χ4v) is 3.08. The second-order valence-electron chi connectivity index (χ2n) is 6.03. The van der Waals surface area contributed by atoms with Gasteiger partial charge in [-0.1, -0.05) is 42.5 Å². The molecule has 0 bridgehead atoms. The number of nitrogens with one attached hydrogen (secondary N) is 1. The van der Waals surface area contributed by atoms with Crippen LogP contribution in [0, 0.1) is 6.92 Å². The van der Waals surface area contributed by atoms with Gasteiger partial charge in [-0.3, -0.25) is 9.79 Å². The number of benzene rings is 2. The van der Waals surface area contributed by atoms with E-state index in [4.69, 9.17) is 4.99 Å². The summed E-state index contributed by atoms with van der Waals surface area (Å²) in [5.74, 6) is 0.344. The number of hydrogen-bond acceptors (Lipinski definition) is 3. The number of anilines is 1. The smallest absolute Gasteiger partial charge is 0.259 e. The molecule has 0 saturated heterocycles. The fourth-order valence-electron chi connectivity index (χ4n) is 3.08. The fraction of sp³-hybridized carbons (Fsp3) is 0.0952. The topological polar surface area (TPSA) is 54.4 Å². The van der Waals surface area contributed by atoms with Crippen LogP contribution in [0.5, 0.6) is 0 Å². The van der Waals surface area contributed by atoms with Crippen molar-refractivity contribution in [2.24, 2.45) is 4.99 Å². The predicted molar refractivity (Wildman–Crippen MR) is 99.7 cm³/mol. The molecule has 25 heavy (non-hydrogen) atoms. The molecule has 1 N–H and O–H groups in total. The number of aromatic nitrogens is 1. The molecule has 0 atom stereocenters. The molecule has 0 spiro atoms. The van der Waals surface area contributed by atoms with Crippen molar-refractivity contribution >= 4 is 23.1 Å². The molecular formula is C21H17N3O. The molecule has 0 aliphatic carbocycles. The van der Waals surface area contributed by atoms with Crippen molar-refractivity contribution in [2.45, 2.75) is 13.3 Å². The number of carbonyl (C=O) groups excluding carboxylic acids is 1. The van der Waals surface area contributed by atoms with Crippen LogP contribution < -0.4 is 5.32 Å². The number of para-hydroxylation sites is 1. The van der Waals surface area contributed by atoms with Crippen molar-refractivity contribution in [1.29, 1.82) is 0 Å². The summed E-state index contributed by atoms with van der Waals surface area (Å²) in [6.07, 6.45) is 2.39. The maximum Gasteiger partial charge on any atom is 0.259 e. The third kappa shape index (κ3) is 2.94. The Bertz CT molecular complexity index is 977. The SMILES string of the molecule is Cc1ccccc1C1=Nc2c(cccc2C(=O)Nc2ccccn2)C1. The van der Waals surface area contributed by atoms with E-state index in [1.165, 1.54) is 5.56 Å². The Kier molecular flexibility index (Phi) is 3.86. The number of aliphatic imine (C=N–C) groups is 1. The summed E-state index contributed by atoms with van der Waals surface area (Å²) in [7, 11) is 0. The normalized spacial score (nSPS) is 12.4. The van der Waals surface area contributed by atoms with Crippen molar-refractivity contribution < 1.29 is 4.79 Å². The highest BCUT2D eigenvalue weighted by atomic mass is 16.1. The summed E-state index contributed by atoms with van der Waals surface area (Å²) in [6, 6.07) is 19.4. The second kappa shape index (κ2) is 6.32. The van der Waals surface area contributed by atoms with Crippen LogP contribution in [0.3, 0.4) is 0 Å². The van der Waals surface area contributed by atoms with E-state index in [9.17, 15) is 4.79 Å². The van der Waals surface area contributed by atoms with Crippen LogP contribution in [0.2, 0.25) is 0 Å². The largest absolute Gasteiger partial charge is 0.306 e. The van der Waals surface area contributed by atoms with Gasteiger partial charge >= 0.3 is 0 Å². The lowest BCUT2D eigenvalue weighted by Gasteiger charge is -2.07. The van der Waals surface area contributed by atoms with Gasteiger partial charge in [0.05, 0.1) is 17.0 Å². The molecule has 1 aliphatic rings. The van der Waals surface area contributed by atoms with E-state index in [1.807, 2.05) is 36.4 Å². The van der Waals surface area contributed by atoms with E-state index in [0.717, 1.165) is 28.9 Å². The lowest BCUT2D eigenvalue weighted by molar-refractivity contribution is 0.102. The highest BCUT2D eigenvalue weighted by Crippen LogP contribution is 2.33. The summed E-state index contributed by atoms with van der Waals surface area (Å²) in [4.78, 5) is 21.6. The number of hydrogen-bond donors (Lipinski definition) is 1. The lowest BCUT2D eigenvalue weighted by atomic mass is 9.99. The minimum Gasteiger partial charge on any atom is -0.306 e. The number of pyridine rings is 1. The standard InChI is InChI=1S/C21H17N3O/c1-14-7-2-3-9-16(14)18-13-15-8-6-10-17(20(15)23-18)21(25)24-19-11-4-5-12-22-19/h2-12H,13H2,1H3,(H,22,24,25). The first kappa shape index (κ1) is 15.3. The summed E-state index contributed by atoms with van der Waals surface area (Å²) in [6.45, 7) is 2.08. The molecule has 1 aromatic heterocycles. The molecule has 0 fully saturated rings. The second-order valence-corrected chi connectivity index (χ2v) is 6.03. The van der Waals surface area contributed by atoms with Crippen molar-refractivity contribution in [3.63, 3.8) is 0 Å². The maximum atomic E-state index is 12.7. The van der Waals surface area contributed by atoms with Gasteiger partial charge in [-0.05, 0) is 41.8 Å². The van der Waals surface area contributed by atoms with Crippen molar-refractivity contribution in [2.75, 3.05) is 5.32 Å². The monoisotopic (exact) mass is 327 g/mol. The molecule has 0 unspecified atom stereocenters.